The molecule has 2 aromatic rings. The Hall–Kier alpha value is -2.03. The third-order valence-electron chi connectivity index (χ3n) is 5.00. The number of nitrogens with zero attached hydrogens (tertiary/aromatic N) is 3. The van der Waals surface area contributed by atoms with Crippen LogP contribution >= 0.6 is 0 Å². The van der Waals surface area contributed by atoms with Crippen LogP contribution in [0, 0.1) is 5.92 Å². The summed E-state index contributed by atoms with van der Waals surface area (Å²) in [4.78, 5) is 9.38. The van der Waals surface area contributed by atoms with E-state index in [9.17, 15) is 0 Å². The summed E-state index contributed by atoms with van der Waals surface area (Å²) in [5, 5.41) is 0. The number of hydrogen-bond donors (Lipinski definition) is 0. The van der Waals surface area contributed by atoms with Crippen LogP contribution in [0.3, 0.4) is 0 Å². The normalized spacial score (nSPS) is 15.3. The Morgan fingerprint density at radius 2 is 1.64 bits per heavy atom. The molecule has 0 aliphatic carbocycles. The molecule has 0 bridgehead atoms. The molecule has 1 fully saturated rings. The summed E-state index contributed by atoms with van der Waals surface area (Å²) in [5.41, 5.74) is 4.40. The second kappa shape index (κ2) is 7.90. The molecule has 134 valence electrons. The number of piperazine rings is 1. The predicted molar refractivity (Wildman–Crippen MR) is 108 cm³/mol. The molecule has 0 radical (unpaired) electrons. The highest BCUT2D eigenvalue weighted by Gasteiger charge is 2.19. The zero-order chi connectivity index (χ0) is 17.8. The van der Waals surface area contributed by atoms with Gasteiger partial charge in [-0.05, 0) is 53.6 Å². The topological polar surface area (TPSA) is 19.4 Å². The van der Waals surface area contributed by atoms with Crippen molar-refractivity contribution < 1.29 is 0 Å². The molecule has 0 spiro atoms. The van der Waals surface area contributed by atoms with Crippen LogP contribution in [0.2, 0.25) is 0 Å². The number of pyridine rings is 1. The van der Waals surface area contributed by atoms with E-state index < -0.39 is 0 Å². The average Bonchev–Trinajstić information content (AvgIpc) is 2.62. The molecule has 25 heavy (non-hydrogen) atoms. The standard InChI is InChI=1S/C22H31N3/c1-17(2)15-19-8-9-20(16-21(19)18(3)4)24-11-13-25(14-12-24)22-7-5-6-10-23-22/h5-10,16-18H,11-15H2,1-4H3. The first-order valence-corrected chi connectivity index (χ1v) is 9.58. The number of benzene rings is 1. The highest BCUT2D eigenvalue weighted by atomic mass is 15.3. The summed E-state index contributed by atoms with van der Waals surface area (Å²) >= 11 is 0. The van der Waals surface area contributed by atoms with E-state index in [2.05, 4.69) is 72.8 Å². The van der Waals surface area contributed by atoms with Gasteiger partial charge in [0.1, 0.15) is 5.82 Å². The molecule has 0 amide bonds. The third kappa shape index (κ3) is 4.33. The highest BCUT2D eigenvalue weighted by Crippen LogP contribution is 2.28. The summed E-state index contributed by atoms with van der Waals surface area (Å²) in [6.45, 7) is 13.4. The van der Waals surface area contributed by atoms with Crippen LogP contribution in [0.4, 0.5) is 11.5 Å². The molecule has 0 atom stereocenters. The van der Waals surface area contributed by atoms with Gasteiger partial charge in [0.05, 0.1) is 0 Å². The lowest BCUT2D eigenvalue weighted by Gasteiger charge is -2.37. The Morgan fingerprint density at radius 3 is 2.24 bits per heavy atom. The van der Waals surface area contributed by atoms with E-state index in [-0.39, 0.29) is 0 Å². The van der Waals surface area contributed by atoms with E-state index in [4.69, 9.17) is 0 Å². The largest absolute Gasteiger partial charge is 0.368 e. The summed E-state index contributed by atoms with van der Waals surface area (Å²) in [6, 6.07) is 13.3. The van der Waals surface area contributed by atoms with Gasteiger partial charge in [-0.15, -0.1) is 0 Å². The van der Waals surface area contributed by atoms with E-state index in [0.29, 0.717) is 11.8 Å². The van der Waals surface area contributed by atoms with Gasteiger partial charge in [-0.2, -0.15) is 0 Å². The second-order valence-electron chi connectivity index (χ2n) is 7.80. The monoisotopic (exact) mass is 337 g/mol. The van der Waals surface area contributed by atoms with Crippen LogP contribution in [0.15, 0.2) is 42.6 Å². The predicted octanol–water partition coefficient (Wildman–Crippen LogP) is 4.73. The minimum absolute atomic E-state index is 0.573. The van der Waals surface area contributed by atoms with Gasteiger partial charge >= 0.3 is 0 Å². The summed E-state index contributed by atoms with van der Waals surface area (Å²) in [6.07, 6.45) is 3.05. The van der Waals surface area contributed by atoms with Crippen molar-refractivity contribution in [1.82, 2.24) is 4.98 Å². The van der Waals surface area contributed by atoms with E-state index in [1.54, 1.807) is 0 Å². The first-order valence-electron chi connectivity index (χ1n) is 9.58. The molecule has 0 saturated carbocycles. The smallest absolute Gasteiger partial charge is 0.128 e. The van der Waals surface area contributed by atoms with Crippen LogP contribution in [-0.4, -0.2) is 31.2 Å². The second-order valence-corrected chi connectivity index (χ2v) is 7.80. The van der Waals surface area contributed by atoms with E-state index in [1.165, 1.54) is 23.2 Å². The molecule has 0 unspecified atom stereocenters. The van der Waals surface area contributed by atoms with E-state index in [0.717, 1.165) is 32.0 Å². The van der Waals surface area contributed by atoms with Gasteiger partial charge in [0, 0.05) is 38.1 Å². The lowest BCUT2D eigenvalue weighted by molar-refractivity contribution is 0.635. The Balaban J connectivity index is 1.71. The molecule has 1 aliphatic rings. The Bertz CT molecular complexity index is 671. The molecule has 3 rings (SSSR count). The van der Waals surface area contributed by atoms with E-state index in [1.807, 2.05) is 12.3 Å². The summed E-state index contributed by atoms with van der Waals surface area (Å²) < 4.78 is 0. The SMILES string of the molecule is CC(C)Cc1ccc(N2CCN(c3ccccn3)CC2)cc1C(C)C. The third-order valence-corrected chi connectivity index (χ3v) is 5.00. The zero-order valence-electron chi connectivity index (χ0n) is 16.1. The van der Waals surface area contributed by atoms with Crippen LogP contribution in [0.1, 0.15) is 44.7 Å². The average molecular weight is 338 g/mol. The molecule has 1 saturated heterocycles. The Labute approximate surface area is 152 Å². The van der Waals surface area contributed by atoms with Crippen molar-refractivity contribution in [3.63, 3.8) is 0 Å². The maximum Gasteiger partial charge on any atom is 0.128 e. The van der Waals surface area contributed by atoms with Crippen LogP contribution in [-0.2, 0) is 6.42 Å². The van der Waals surface area contributed by atoms with Crippen LogP contribution in [0.5, 0.6) is 0 Å². The van der Waals surface area contributed by atoms with Gasteiger partial charge in [0.15, 0.2) is 0 Å². The van der Waals surface area contributed by atoms with Crippen LogP contribution < -0.4 is 9.80 Å². The molecule has 3 nitrogen and oxygen atoms in total. The highest BCUT2D eigenvalue weighted by molar-refractivity contribution is 5.53. The molecule has 0 N–H and O–H groups in total. The Kier molecular flexibility index (Phi) is 5.62. The molecular weight excluding hydrogens is 306 g/mol. The van der Waals surface area contributed by atoms with Crippen molar-refractivity contribution in [1.29, 1.82) is 0 Å². The zero-order valence-corrected chi connectivity index (χ0v) is 16.1. The molecule has 1 aromatic carbocycles. The van der Waals surface area contributed by atoms with Gasteiger partial charge in [-0.3, -0.25) is 0 Å². The number of aromatic nitrogens is 1. The van der Waals surface area contributed by atoms with Crippen molar-refractivity contribution in [3.8, 4) is 0 Å². The number of hydrogen-bond acceptors (Lipinski definition) is 3. The number of anilines is 2. The lowest BCUT2D eigenvalue weighted by Crippen LogP contribution is -2.46. The first kappa shape index (κ1) is 17.8. The van der Waals surface area contributed by atoms with Crippen molar-refractivity contribution in [2.24, 2.45) is 5.92 Å². The first-order chi connectivity index (χ1) is 12.0. The lowest BCUT2D eigenvalue weighted by atomic mass is 9.91. The number of rotatable bonds is 5. The fourth-order valence-corrected chi connectivity index (χ4v) is 3.68. The van der Waals surface area contributed by atoms with Gasteiger partial charge in [-0.25, -0.2) is 4.98 Å². The minimum Gasteiger partial charge on any atom is -0.368 e. The van der Waals surface area contributed by atoms with Crippen molar-refractivity contribution in [2.45, 2.75) is 40.0 Å². The van der Waals surface area contributed by atoms with Crippen LogP contribution in [0.25, 0.3) is 0 Å². The van der Waals surface area contributed by atoms with Gasteiger partial charge in [0.25, 0.3) is 0 Å². The molecule has 2 heterocycles. The van der Waals surface area contributed by atoms with Gasteiger partial charge < -0.3 is 9.80 Å². The van der Waals surface area contributed by atoms with Gasteiger partial charge in [0.2, 0.25) is 0 Å². The summed E-state index contributed by atoms with van der Waals surface area (Å²) in [5.74, 6) is 2.37. The molecule has 3 heteroatoms. The molecule has 1 aromatic heterocycles. The minimum atomic E-state index is 0.573. The maximum absolute atomic E-state index is 4.48. The Morgan fingerprint density at radius 1 is 0.920 bits per heavy atom. The maximum atomic E-state index is 4.48. The fourth-order valence-electron chi connectivity index (χ4n) is 3.68. The summed E-state index contributed by atoms with van der Waals surface area (Å²) in [7, 11) is 0. The molecular formula is C22H31N3. The molecule has 1 aliphatic heterocycles. The van der Waals surface area contributed by atoms with E-state index >= 15 is 0 Å². The quantitative estimate of drug-likeness (QED) is 0.786. The van der Waals surface area contributed by atoms with Crippen molar-refractivity contribution in [2.75, 3.05) is 36.0 Å². The van der Waals surface area contributed by atoms with Crippen molar-refractivity contribution in [3.05, 3.63) is 53.7 Å². The fraction of sp³-hybridized carbons (Fsp3) is 0.500. The van der Waals surface area contributed by atoms with Crippen molar-refractivity contribution >= 4 is 11.5 Å². The van der Waals surface area contributed by atoms with Gasteiger partial charge in [-0.1, -0.05) is 39.8 Å².